The Hall–Kier alpha value is -1.00. The zero-order chi connectivity index (χ0) is 17.9. The maximum atomic E-state index is 12.9. The van der Waals surface area contributed by atoms with Crippen LogP contribution in [0.5, 0.6) is 0 Å². The molecule has 0 bridgehead atoms. The third-order valence-corrected chi connectivity index (χ3v) is 7.40. The molecule has 4 heteroatoms. The Labute approximate surface area is 144 Å². The second kappa shape index (κ2) is 5.50. The zero-order valence-corrected chi connectivity index (χ0v) is 15.2. The number of rotatable bonds is 2. The van der Waals surface area contributed by atoms with Crippen LogP contribution in [0.3, 0.4) is 0 Å². The normalized spacial score (nSPS) is 48.5. The molecule has 4 nitrogen and oxygen atoms in total. The summed E-state index contributed by atoms with van der Waals surface area (Å²) in [6.45, 7) is 7.93. The first-order chi connectivity index (χ1) is 11.1. The molecule has 134 valence electrons. The SMILES string of the molecule is CC(C)[C@]1(O)C=C2C(=O)[C@H](O)[C@@H]3[C@](C)(CCC[C@]3(C)C=O)[C@@H]2CC1. The molecule has 0 aromatic heterocycles. The molecule has 2 fully saturated rings. The highest BCUT2D eigenvalue weighted by atomic mass is 16.3. The van der Waals surface area contributed by atoms with E-state index >= 15 is 0 Å². The van der Waals surface area contributed by atoms with Crippen molar-refractivity contribution in [2.24, 2.45) is 28.6 Å². The minimum Gasteiger partial charge on any atom is -0.386 e. The molecule has 3 aliphatic carbocycles. The van der Waals surface area contributed by atoms with Crippen LogP contribution in [0.4, 0.5) is 0 Å². The van der Waals surface area contributed by atoms with E-state index in [0.29, 0.717) is 12.0 Å². The van der Waals surface area contributed by atoms with E-state index in [1.165, 1.54) is 0 Å². The third kappa shape index (κ3) is 2.26. The number of fused-ring (bicyclic) bond motifs is 3. The number of hydrogen-bond acceptors (Lipinski definition) is 4. The lowest BCUT2D eigenvalue weighted by molar-refractivity contribution is -0.163. The van der Waals surface area contributed by atoms with Gasteiger partial charge in [0.05, 0.1) is 5.60 Å². The van der Waals surface area contributed by atoms with E-state index in [2.05, 4.69) is 6.92 Å². The molecule has 0 radical (unpaired) electrons. The van der Waals surface area contributed by atoms with Gasteiger partial charge in [0.25, 0.3) is 0 Å². The van der Waals surface area contributed by atoms with E-state index in [1.54, 1.807) is 6.08 Å². The highest BCUT2D eigenvalue weighted by molar-refractivity contribution is 6.01. The van der Waals surface area contributed by atoms with Crippen molar-refractivity contribution in [3.63, 3.8) is 0 Å². The van der Waals surface area contributed by atoms with E-state index in [9.17, 15) is 19.8 Å². The quantitative estimate of drug-likeness (QED) is 0.761. The van der Waals surface area contributed by atoms with Crippen molar-refractivity contribution in [1.82, 2.24) is 0 Å². The van der Waals surface area contributed by atoms with Gasteiger partial charge in [-0.1, -0.05) is 34.1 Å². The van der Waals surface area contributed by atoms with Crippen LogP contribution in [0.15, 0.2) is 11.6 Å². The van der Waals surface area contributed by atoms with E-state index in [1.807, 2.05) is 20.8 Å². The van der Waals surface area contributed by atoms with Gasteiger partial charge in [-0.15, -0.1) is 0 Å². The minimum absolute atomic E-state index is 0.0213. The maximum Gasteiger partial charge on any atom is 0.187 e. The fourth-order valence-electron chi connectivity index (χ4n) is 5.84. The summed E-state index contributed by atoms with van der Waals surface area (Å²) < 4.78 is 0. The fourth-order valence-corrected chi connectivity index (χ4v) is 5.84. The monoisotopic (exact) mass is 334 g/mol. The van der Waals surface area contributed by atoms with Crippen LogP contribution in [0, 0.1) is 28.6 Å². The second-order valence-corrected chi connectivity index (χ2v) is 9.11. The minimum atomic E-state index is -1.15. The Morgan fingerprint density at radius 3 is 2.50 bits per heavy atom. The molecule has 0 spiro atoms. The molecule has 2 N–H and O–H groups in total. The van der Waals surface area contributed by atoms with E-state index in [4.69, 9.17) is 0 Å². The number of aliphatic hydroxyl groups excluding tert-OH is 1. The van der Waals surface area contributed by atoms with Crippen LogP contribution < -0.4 is 0 Å². The van der Waals surface area contributed by atoms with Gasteiger partial charge in [0, 0.05) is 16.9 Å². The second-order valence-electron chi connectivity index (χ2n) is 9.11. The van der Waals surface area contributed by atoms with E-state index < -0.39 is 17.1 Å². The van der Waals surface area contributed by atoms with Crippen molar-refractivity contribution < 1.29 is 19.8 Å². The van der Waals surface area contributed by atoms with Gasteiger partial charge in [0.1, 0.15) is 12.4 Å². The Bertz CT molecular complexity index is 594. The molecular formula is C20H30O4. The Balaban J connectivity index is 2.11. The summed E-state index contributed by atoms with van der Waals surface area (Å²) in [4.78, 5) is 24.7. The fraction of sp³-hybridized carbons (Fsp3) is 0.800. The first-order valence-electron chi connectivity index (χ1n) is 9.23. The molecule has 0 aromatic carbocycles. The summed E-state index contributed by atoms with van der Waals surface area (Å²) in [5.74, 6) is -0.572. The Morgan fingerprint density at radius 2 is 1.92 bits per heavy atom. The molecule has 0 heterocycles. The first kappa shape index (κ1) is 17.8. The number of ketones is 1. The topological polar surface area (TPSA) is 74.6 Å². The van der Waals surface area contributed by atoms with E-state index in [-0.39, 0.29) is 29.0 Å². The number of Topliss-reactive ketones (excluding diaryl/α,β-unsaturated/α-hetero) is 1. The van der Waals surface area contributed by atoms with Gasteiger partial charge < -0.3 is 15.0 Å². The largest absolute Gasteiger partial charge is 0.386 e. The van der Waals surface area contributed by atoms with Crippen molar-refractivity contribution in [3.05, 3.63) is 11.6 Å². The average molecular weight is 334 g/mol. The molecule has 0 aliphatic heterocycles. The van der Waals surface area contributed by atoms with Crippen LogP contribution in [0.25, 0.3) is 0 Å². The predicted octanol–water partition coefficient (Wildman–Crippen LogP) is 2.67. The lowest BCUT2D eigenvalue weighted by Crippen LogP contribution is -2.61. The van der Waals surface area contributed by atoms with Crippen molar-refractivity contribution in [2.45, 2.75) is 71.5 Å². The highest BCUT2D eigenvalue weighted by Crippen LogP contribution is 2.62. The molecular weight excluding hydrogens is 304 g/mol. The average Bonchev–Trinajstić information content (AvgIpc) is 2.52. The number of aldehydes is 1. The Kier molecular flexibility index (Phi) is 4.08. The first-order valence-corrected chi connectivity index (χ1v) is 9.23. The van der Waals surface area contributed by atoms with Crippen molar-refractivity contribution >= 4 is 12.1 Å². The molecule has 0 amide bonds. The van der Waals surface area contributed by atoms with E-state index in [0.717, 1.165) is 32.0 Å². The van der Waals surface area contributed by atoms with Gasteiger partial charge in [-0.3, -0.25) is 4.79 Å². The summed E-state index contributed by atoms with van der Waals surface area (Å²) >= 11 is 0. The molecule has 0 unspecified atom stereocenters. The van der Waals surface area contributed by atoms with Gasteiger partial charge in [0.15, 0.2) is 5.78 Å². The smallest absolute Gasteiger partial charge is 0.187 e. The van der Waals surface area contributed by atoms with Gasteiger partial charge in [-0.25, -0.2) is 0 Å². The molecule has 0 aromatic rings. The highest BCUT2D eigenvalue weighted by Gasteiger charge is 2.62. The summed E-state index contributed by atoms with van der Waals surface area (Å²) in [6, 6.07) is 0. The van der Waals surface area contributed by atoms with Crippen LogP contribution in [-0.4, -0.2) is 34.0 Å². The maximum absolute atomic E-state index is 12.9. The Morgan fingerprint density at radius 1 is 1.25 bits per heavy atom. The van der Waals surface area contributed by atoms with Crippen molar-refractivity contribution in [1.29, 1.82) is 0 Å². The van der Waals surface area contributed by atoms with Gasteiger partial charge >= 0.3 is 0 Å². The van der Waals surface area contributed by atoms with Crippen molar-refractivity contribution in [3.8, 4) is 0 Å². The van der Waals surface area contributed by atoms with Gasteiger partial charge in [0.2, 0.25) is 0 Å². The number of carbonyl (C=O) groups excluding carboxylic acids is 2. The number of carbonyl (C=O) groups is 2. The number of hydrogen-bond donors (Lipinski definition) is 2. The molecule has 2 saturated carbocycles. The lowest BCUT2D eigenvalue weighted by Gasteiger charge is -2.59. The molecule has 3 rings (SSSR count). The molecule has 3 aliphatic rings. The predicted molar refractivity (Wildman–Crippen MR) is 91.2 cm³/mol. The summed E-state index contributed by atoms with van der Waals surface area (Å²) in [7, 11) is 0. The molecule has 0 saturated heterocycles. The lowest BCUT2D eigenvalue weighted by atomic mass is 9.44. The third-order valence-electron chi connectivity index (χ3n) is 7.40. The van der Waals surface area contributed by atoms with Crippen LogP contribution in [-0.2, 0) is 9.59 Å². The summed E-state index contributed by atoms with van der Waals surface area (Å²) in [6.07, 6.45) is 5.46. The summed E-state index contributed by atoms with van der Waals surface area (Å²) in [5, 5.41) is 21.7. The van der Waals surface area contributed by atoms with Crippen LogP contribution in [0.2, 0.25) is 0 Å². The standard InChI is InChI=1S/C20H30O4/c1-12(2)20(24)9-6-14-13(10-20)15(22)16(23)17-18(3,11-21)7-5-8-19(14,17)4/h10-12,14,16-17,23-24H,5-9H2,1-4H3/t14-,16+,17+,18-,19-,20-/m1/s1. The molecule has 24 heavy (non-hydrogen) atoms. The van der Waals surface area contributed by atoms with Gasteiger partial charge in [-0.05, 0) is 49.0 Å². The van der Waals surface area contributed by atoms with Crippen molar-refractivity contribution in [2.75, 3.05) is 0 Å². The van der Waals surface area contributed by atoms with Crippen LogP contribution >= 0.6 is 0 Å². The summed E-state index contributed by atoms with van der Waals surface area (Å²) in [5.41, 5.74) is -1.31. The zero-order valence-electron chi connectivity index (χ0n) is 15.2. The molecule has 6 atom stereocenters. The number of aliphatic hydroxyl groups is 2. The van der Waals surface area contributed by atoms with Crippen LogP contribution in [0.1, 0.15) is 59.8 Å². The van der Waals surface area contributed by atoms with Gasteiger partial charge in [-0.2, -0.15) is 0 Å².